The smallest absolute Gasteiger partial charge is 0.411 e. The topological polar surface area (TPSA) is 264 Å². The Labute approximate surface area is 420 Å². The predicted molar refractivity (Wildman–Crippen MR) is 269 cm³/mol. The van der Waals surface area contributed by atoms with E-state index in [1.54, 1.807) is 86.0 Å². The number of hydrogen-bond donors (Lipinski definition) is 7. The van der Waals surface area contributed by atoms with Crippen molar-refractivity contribution >= 4 is 54.1 Å². The van der Waals surface area contributed by atoms with Crippen LogP contribution in [0.3, 0.4) is 0 Å². The summed E-state index contributed by atoms with van der Waals surface area (Å²) < 4.78 is 28.3. The third kappa shape index (κ3) is 15.3. The van der Waals surface area contributed by atoms with Crippen molar-refractivity contribution in [3.63, 3.8) is 0 Å². The molecular formula is C51H69BN6O14. The minimum Gasteiger partial charge on any atom is -0.493 e. The Morgan fingerprint density at radius 1 is 0.792 bits per heavy atom. The number of ketones is 1. The van der Waals surface area contributed by atoms with Gasteiger partial charge in [-0.1, -0.05) is 50.8 Å². The first-order valence-electron chi connectivity index (χ1n) is 24.3. The van der Waals surface area contributed by atoms with E-state index in [1.807, 2.05) is 0 Å². The van der Waals surface area contributed by atoms with Crippen molar-refractivity contribution in [1.82, 2.24) is 20.4 Å². The lowest BCUT2D eigenvalue weighted by atomic mass is 9.87. The zero-order valence-corrected chi connectivity index (χ0v) is 42.0. The van der Waals surface area contributed by atoms with E-state index in [0.29, 0.717) is 72.0 Å². The maximum atomic E-state index is 14.0. The molecule has 2 saturated heterocycles. The van der Waals surface area contributed by atoms with Crippen molar-refractivity contribution in [3.8, 4) is 17.2 Å². The molecule has 2 aliphatic rings. The van der Waals surface area contributed by atoms with Gasteiger partial charge >= 0.3 is 19.2 Å². The van der Waals surface area contributed by atoms with E-state index >= 15 is 0 Å². The lowest BCUT2D eigenvalue weighted by molar-refractivity contribution is -0.129. The SMILES string of the molecule is C=CCOC(=O)N[C@H](C(=O)N[C@@H](C)C(=O)Cc1ccc(COC(=O)Nc2cc(OCCCOc3cc(NB(C)O)c(C(=O)N4CCC[C@H]4CO)cc3OC)c(C)cc2C(=O)N2CCC[C@H]2CO)cc1)C(C)C. The molecule has 21 heteroatoms. The second-order valence-corrected chi connectivity index (χ2v) is 18.2. The number of aliphatic hydroxyl groups excluding tert-OH is 2. The van der Waals surface area contributed by atoms with Crippen LogP contribution in [0.1, 0.15) is 90.3 Å². The van der Waals surface area contributed by atoms with Gasteiger partial charge in [-0.3, -0.25) is 24.5 Å². The summed E-state index contributed by atoms with van der Waals surface area (Å²) in [7, 11) is 0.464. The molecule has 0 aromatic heterocycles. The number of aliphatic hydroxyl groups is 2. The fraction of sp³-hybridized carbons (Fsp3) is 0.490. The fourth-order valence-corrected chi connectivity index (χ4v) is 8.42. The molecule has 0 radical (unpaired) electrons. The highest BCUT2D eigenvalue weighted by atomic mass is 16.6. The number of carbonyl (C=O) groups is 6. The molecular weight excluding hydrogens is 931 g/mol. The molecule has 4 atom stereocenters. The molecule has 7 N–H and O–H groups in total. The van der Waals surface area contributed by atoms with E-state index in [1.165, 1.54) is 20.0 Å². The first-order chi connectivity index (χ1) is 34.5. The Morgan fingerprint density at radius 3 is 1.94 bits per heavy atom. The first kappa shape index (κ1) is 56.1. The highest BCUT2D eigenvalue weighted by Crippen LogP contribution is 2.36. The fourth-order valence-electron chi connectivity index (χ4n) is 8.42. The van der Waals surface area contributed by atoms with Crippen molar-refractivity contribution in [2.24, 2.45) is 5.92 Å². The maximum absolute atomic E-state index is 14.0. The number of benzene rings is 3. The van der Waals surface area contributed by atoms with Crippen LogP contribution in [0.15, 0.2) is 61.2 Å². The Kier molecular flexibility index (Phi) is 21.1. The van der Waals surface area contributed by atoms with Gasteiger partial charge in [0.25, 0.3) is 11.8 Å². The van der Waals surface area contributed by atoms with Crippen molar-refractivity contribution in [2.45, 2.75) is 104 Å². The number of Topliss-reactive ketones (excluding diaryl/α,β-unsaturated/α-hetero) is 1. The van der Waals surface area contributed by atoms with Crippen molar-refractivity contribution in [3.05, 3.63) is 89.0 Å². The Bertz CT molecular complexity index is 2380. The zero-order valence-electron chi connectivity index (χ0n) is 42.0. The first-order valence-corrected chi connectivity index (χ1v) is 24.3. The summed E-state index contributed by atoms with van der Waals surface area (Å²) in [6.45, 7) is 12.6. The van der Waals surface area contributed by atoms with Crippen LogP contribution >= 0.6 is 0 Å². The number of carbonyl (C=O) groups excluding carboxylic acids is 6. The summed E-state index contributed by atoms with van der Waals surface area (Å²) in [5, 5.41) is 40.8. The van der Waals surface area contributed by atoms with Gasteiger partial charge in [0.15, 0.2) is 17.3 Å². The number of ether oxygens (including phenoxy) is 5. The molecule has 72 heavy (non-hydrogen) atoms. The number of alkyl carbamates (subject to hydrolysis) is 1. The number of likely N-dealkylation sites (tertiary alicyclic amines) is 2. The molecule has 5 rings (SSSR count). The molecule has 0 aliphatic carbocycles. The minimum absolute atomic E-state index is 0.00173. The van der Waals surface area contributed by atoms with Crippen LogP contribution in [0.2, 0.25) is 6.82 Å². The van der Waals surface area contributed by atoms with Crippen LogP contribution < -0.4 is 35.4 Å². The number of amides is 5. The molecule has 5 amide bonds. The van der Waals surface area contributed by atoms with E-state index in [4.69, 9.17) is 23.7 Å². The van der Waals surface area contributed by atoms with E-state index in [2.05, 4.69) is 27.8 Å². The molecule has 2 fully saturated rings. The summed E-state index contributed by atoms with van der Waals surface area (Å²) in [5.41, 5.74) is 2.81. The van der Waals surface area contributed by atoms with Gasteiger partial charge in [-0.2, -0.15) is 0 Å². The molecule has 0 saturated carbocycles. The van der Waals surface area contributed by atoms with Gasteiger partial charge in [-0.25, -0.2) is 9.59 Å². The molecule has 2 aliphatic heterocycles. The largest absolute Gasteiger partial charge is 0.493 e. The number of hydrogen-bond acceptors (Lipinski definition) is 15. The van der Waals surface area contributed by atoms with E-state index < -0.39 is 37.2 Å². The lowest BCUT2D eigenvalue weighted by Gasteiger charge is -2.25. The average Bonchev–Trinajstić information content (AvgIpc) is 4.05. The van der Waals surface area contributed by atoms with Crippen LogP contribution in [-0.4, -0.2) is 145 Å². The number of nitrogens with one attached hydrogen (secondary N) is 4. The Balaban J connectivity index is 1.20. The van der Waals surface area contributed by atoms with Gasteiger partial charge in [0.2, 0.25) is 5.91 Å². The Morgan fingerprint density at radius 2 is 1.38 bits per heavy atom. The van der Waals surface area contributed by atoms with E-state index in [0.717, 1.165) is 12.8 Å². The van der Waals surface area contributed by atoms with Gasteiger partial charge in [-0.05, 0) is 81.1 Å². The molecule has 3 aromatic rings. The highest BCUT2D eigenvalue weighted by Gasteiger charge is 2.33. The van der Waals surface area contributed by atoms with Crippen molar-refractivity contribution in [2.75, 3.05) is 63.8 Å². The molecule has 0 spiro atoms. The van der Waals surface area contributed by atoms with Crippen molar-refractivity contribution in [1.29, 1.82) is 0 Å². The second kappa shape index (κ2) is 27.1. The van der Waals surface area contributed by atoms with Gasteiger partial charge in [0.1, 0.15) is 25.0 Å². The molecule has 2 heterocycles. The predicted octanol–water partition coefficient (Wildman–Crippen LogP) is 4.87. The number of methoxy groups -OCH3 is 1. The summed E-state index contributed by atoms with van der Waals surface area (Å²) in [4.78, 5) is 82.3. The molecule has 20 nitrogen and oxygen atoms in total. The number of anilines is 2. The Hall–Kier alpha value is -6.84. The highest BCUT2D eigenvalue weighted by molar-refractivity contribution is 6.53. The van der Waals surface area contributed by atoms with Gasteiger partial charge in [0.05, 0.1) is 68.5 Å². The van der Waals surface area contributed by atoms with Crippen LogP contribution in [0.5, 0.6) is 17.2 Å². The van der Waals surface area contributed by atoms with E-state index in [-0.39, 0.29) is 98.5 Å². The number of nitrogens with zero attached hydrogens (tertiary/aromatic N) is 2. The quantitative estimate of drug-likeness (QED) is 0.0339. The van der Waals surface area contributed by atoms with Gasteiger partial charge in [0, 0.05) is 43.8 Å². The summed E-state index contributed by atoms with van der Waals surface area (Å²) in [6, 6.07) is 10.7. The lowest BCUT2D eigenvalue weighted by Crippen LogP contribution is -2.53. The van der Waals surface area contributed by atoms with Crippen molar-refractivity contribution < 1.29 is 67.7 Å². The molecule has 390 valence electrons. The van der Waals surface area contributed by atoms with Gasteiger partial charge < -0.3 is 64.6 Å². The average molecular weight is 1000 g/mol. The normalized spacial score (nSPS) is 16.0. The molecule has 0 bridgehead atoms. The maximum Gasteiger partial charge on any atom is 0.411 e. The van der Waals surface area contributed by atoms with Crippen LogP contribution in [-0.2, 0) is 32.1 Å². The van der Waals surface area contributed by atoms with Crippen LogP contribution in [0.4, 0.5) is 21.0 Å². The third-order valence-corrected chi connectivity index (χ3v) is 12.3. The monoisotopic (exact) mass is 1000 g/mol. The molecule has 0 unspecified atom stereocenters. The summed E-state index contributed by atoms with van der Waals surface area (Å²) in [6.07, 6.45) is 2.97. The second-order valence-electron chi connectivity index (χ2n) is 18.2. The summed E-state index contributed by atoms with van der Waals surface area (Å²) >= 11 is 0. The number of aryl methyl sites for hydroxylation is 1. The summed E-state index contributed by atoms with van der Waals surface area (Å²) in [5.74, 6) is -0.757. The van der Waals surface area contributed by atoms with Gasteiger partial charge in [-0.15, -0.1) is 0 Å². The number of rotatable bonds is 25. The van der Waals surface area contributed by atoms with Crippen LogP contribution in [0.25, 0.3) is 0 Å². The standard InChI is InChI=1S/C51H69BN6O14/c1-8-20-71-51(66)55-46(31(2)3)47(62)53-33(5)42(61)24-34-14-16-35(17-15-34)30-72-50(65)54-40-26-43(32(4)23-38(40)48(63)57-18-9-12-36(57)28-59)69-21-11-22-70-45-27-41(56-52(6)67)39(25-44(45)68-7)49(64)58-19-10-13-37(58)29-60/h8,14-17,23,25-27,31,33,36-37,46,56,59-60,67H,1,9-13,18-22,24,28-30H2,2-7H3,(H,53,62)(H,54,65)(H,55,66)/t33-,36-,37-,46-/m0/s1. The van der Waals surface area contributed by atoms with E-state index in [9.17, 15) is 44.0 Å². The zero-order chi connectivity index (χ0) is 52.5. The molecule has 3 aromatic carbocycles. The van der Waals surface area contributed by atoms with Crippen LogP contribution in [0, 0.1) is 12.8 Å². The third-order valence-electron chi connectivity index (χ3n) is 12.3. The minimum atomic E-state index is -0.990.